The van der Waals surface area contributed by atoms with E-state index in [0.29, 0.717) is 5.75 Å². The van der Waals surface area contributed by atoms with Gasteiger partial charge in [0.05, 0.1) is 6.04 Å². The van der Waals surface area contributed by atoms with Crippen molar-refractivity contribution >= 4 is 34.7 Å². The van der Waals surface area contributed by atoms with E-state index in [0.717, 1.165) is 22.0 Å². The van der Waals surface area contributed by atoms with E-state index >= 15 is 0 Å². The molecule has 3 amide bonds. The van der Waals surface area contributed by atoms with Crippen molar-refractivity contribution in [1.29, 1.82) is 0 Å². The van der Waals surface area contributed by atoms with Crippen molar-refractivity contribution in [2.75, 3.05) is 14.1 Å². The van der Waals surface area contributed by atoms with Crippen LogP contribution in [-0.2, 0) is 20.8 Å². The number of nitrogens with zero attached hydrogens (tertiary/aromatic N) is 1. The molecule has 0 aliphatic carbocycles. The molecular weight excluding hydrogens is 518 g/mol. The number of amides is 3. The zero-order valence-electron chi connectivity index (χ0n) is 24.6. The number of H-pyrrole nitrogens is 1. The van der Waals surface area contributed by atoms with Crippen molar-refractivity contribution in [3.63, 3.8) is 0 Å². The third kappa shape index (κ3) is 7.16. The van der Waals surface area contributed by atoms with Gasteiger partial charge in [-0.25, -0.2) is 0 Å². The number of aromatic nitrogens is 1. The molecule has 218 valence electrons. The zero-order chi connectivity index (χ0) is 29.7. The number of carbonyl (C=O) groups excluding carboxylic acids is 3. The molecule has 3 aromatic rings. The van der Waals surface area contributed by atoms with Crippen LogP contribution in [0.15, 0.2) is 60.9 Å². The second kappa shape index (κ2) is 13.0. The first-order chi connectivity index (χ1) is 19.5. The smallest absolute Gasteiger partial charge is 0.247 e. The summed E-state index contributed by atoms with van der Waals surface area (Å²) in [6, 6.07) is 12.8. The summed E-state index contributed by atoms with van der Waals surface area (Å²) in [6.07, 6.45) is 4.77. The van der Waals surface area contributed by atoms with Gasteiger partial charge in [-0.15, -0.1) is 0 Å². The molecule has 41 heavy (non-hydrogen) atoms. The molecule has 5 rings (SSSR count). The average molecular weight is 560 g/mol. The lowest BCUT2D eigenvalue weighted by molar-refractivity contribution is -0.136. The summed E-state index contributed by atoms with van der Waals surface area (Å²) in [4.78, 5) is 46.2. The second-order valence-electron chi connectivity index (χ2n) is 11.5. The fourth-order valence-corrected chi connectivity index (χ4v) is 5.38. The molecule has 2 bridgehead atoms. The summed E-state index contributed by atoms with van der Waals surface area (Å²) in [5.41, 5.74) is 2.72. The highest BCUT2D eigenvalue weighted by atomic mass is 16.5. The van der Waals surface area contributed by atoms with Crippen LogP contribution in [0.4, 0.5) is 0 Å². The largest absolute Gasteiger partial charge is 0.487 e. The second-order valence-corrected chi connectivity index (χ2v) is 11.5. The van der Waals surface area contributed by atoms with Crippen LogP contribution < -0.4 is 20.7 Å². The van der Waals surface area contributed by atoms with E-state index in [1.807, 2.05) is 101 Å². The molecule has 0 saturated heterocycles. The number of fused-ring (bicyclic) bond motifs is 11. The molecule has 3 heterocycles. The van der Waals surface area contributed by atoms with Gasteiger partial charge in [-0.3, -0.25) is 19.3 Å². The molecule has 9 heteroatoms. The van der Waals surface area contributed by atoms with Crippen molar-refractivity contribution < 1.29 is 19.1 Å². The molecule has 2 aliphatic heterocycles. The van der Waals surface area contributed by atoms with Crippen LogP contribution in [0.25, 0.3) is 17.0 Å². The SMILES string of the molecule is CC(C)C1Oc2ccc(cc2)C=CNC(=O)C(Cc2c[nH]c3ccccc23)NC(=O)C1NC(=O)C(C(C)C)N(C)C. The number of nitrogens with one attached hydrogen (secondary N) is 4. The summed E-state index contributed by atoms with van der Waals surface area (Å²) in [6.45, 7) is 7.81. The number of hydrogen-bond donors (Lipinski definition) is 4. The highest BCUT2D eigenvalue weighted by Crippen LogP contribution is 2.22. The molecule has 0 fully saturated rings. The third-order valence-electron chi connectivity index (χ3n) is 7.41. The van der Waals surface area contributed by atoms with Crippen LogP contribution in [0.1, 0.15) is 38.8 Å². The van der Waals surface area contributed by atoms with Crippen LogP contribution in [0.5, 0.6) is 5.75 Å². The lowest BCUT2D eigenvalue weighted by Gasteiger charge is -2.34. The quantitative estimate of drug-likeness (QED) is 0.354. The lowest BCUT2D eigenvalue weighted by Crippen LogP contribution is -2.62. The highest BCUT2D eigenvalue weighted by molar-refractivity contribution is 5.94. The Labute approximate surface area is 241 Å². The van der Waals surface area contributed by atoms with Gasteiger partial charge in [0.1, 0.15) is 23.9 Å². The Morgan fingerprint density at radius 1 is 1.00 bits per heavy atom. The first kappa shape index (κ1) is 29.9. The first-order valence-electron chi connectivity index (χ1n) is 14.1. The predicted octanol–water partition coefficient (Wildman–Crippen LogP) is 3.47. The number of para-hydroxylation sites is 1. The van der Waals surface area contributed by atoms with E-state index in [1.165, 1.54) is 0 Å². The molecule has 1 aromatic heterocycles. The number of carbonyl (C=O) groups is 3. The summed E-state index contributed by atoms with van der Waals surface area (Å²) < 4.78 is 6.37. The monoisotopic (exact) mass is 559 g/mol. The Kier molecular flexibility index (Phi) is 9.50. The van der Waals surface area contributed by atoms with Gasteiger partial charge in [0.2, 0.25) is 17.7 Å². The predicted molar refractivity (Wildman–Crippen MR) is 161 cm³/mol. The summed E-state index contributed by atoms with van der Waals surface area (Å²) in [5.74, 6) is -0.695. The van der Waals surface area contributed by atoms with E-state index in [2.05, 4.69) is 20.9 Å². The van der Waals surface area contributed by atoms with Crippen LogP contribution in [0.3, 0.4) is 0 Å². The minimum absolute atomic E-state index is 0.00437. The van der Waals surface area contributed by atoms with Crippen LogP contribution in [-0.4, -0.2) is 65.9 Å². The van der Waals surface area contributed by atoms with Gasteiger partial charge in [0, 0.05) is 29.7 Å². The van der Waals surface area contributed by atoms with E-state index in [4.69, 9.17) is 4.74 Å². The molecule has 0 spiro atoms. The molecule has 0 radical (unpaired) electrons. The maximum absolute atomic E-state index is 14.1. The molecule has 4 N–H and O–H groups in total. The molecule has 4 atom stereocenters. The minimum atomic E-state index is -1.06. The standard InChI is InChI=1S/C32H41N5O4/c1-19(2)28(37(5)6)32(40)36-27-29(20(3)4)41-23-13-11-21(12-14-23)15-16-33-30(38)26(35-31(27)39)17-22-18-34-25-10-8-7-9-24(22)25/h7-16,18-20,26-29,34H,17H2,1-6H3,(H,33,38)(H,35,39)(H,36,40). The normalized spacial score (nSPS) is 20.6. The third-order valence-corrected chi connectivity index (χ3v) is 7.41. The van der Waals surface area contributed by atoms with Gasteiger partial charge in [0.25, 0.3) is 0 Å². The van der Waals surface area contributed by atoms with Gasteiger partial charge in [-0.05, 0) is 61.3 Å². The Hall–Kier alpha value is -4.11. The van der Waals surface area contributed by atoms with E-state index in [9.17, 15) is 14.4 Å². The topological polar surface area (TPSA) is 116 Å². The maximum atomic E-state index is 14.1. The van der Waals surface area contributed by atoms with E-state index in [-0.39, 0.29) is 30.1 Å². The van der Waals surface area contributed by atoms with E-state index < -0.39 is 30.1 Å². The number of benzene rings is 2. The van der Waals surface area contributed by atoms with Gasteiger partial charge >= 0.3 is 0 Å². The van der Waals surface area contributed by atoms with Crippen LogP contribution in [0.2, 0.25) is 0 Å². The number of aromatic amines is 1. The van der Waals surface area contributed by atoms with Gasteiger partial charge in [-0.1, -0.05) is 58.0 Å². The van der Waals surface area contributed by atoms with Gasteiger partial charge in [-0.2, -0.15) is 0 Å². The van der Waals surface area contributed by atoms with Crippen LogP contribution in [0, 0.1) is 11.8 Å². The maximum Gasteiger partial charge on any atom is 0.247 e. The Bertz CT molecular complexity index is 1380. The molecule has 9 nitrogen and oxygen atoms in total. The number of ether oxygens (including phenoxy) is 1. The number of rotatable bonds is 7. The first-order valence-corrected chi connectivity index (χ1v) is 14.1. The van der Waals surface area contributed by atoms with Crippen molar-refractivity contribution in [3.8, 4) is 5.75 Å². The molecule has 0 saturated carbocycles. The Morgan fingerprint density at radius 2 is 1.71 bits per heavy atom. The van der Waals surface area contributed by atoms with Crippen molar-refractivity contribution in [2.45, 2.75) is 58.3 Å². The van der Waals surface area contributed by atoms with Crippen molar-refractivity contribution in [2.24, 2.45) is 11.8 Å². The minimum Gasteiger partial charge on any atom is -0.487 e. The average Bonchev–Trinajstić information content (AvgIpc) is 3.32. The Morgan fingerprint density at radius 3 is 2.37 bits per heavy atom. The highest BCUT2D eigenvalue weighted by Gasteiger charge is 2.38. The van der Waals surface area contributed by atoms with Crippen molar-refractivity contribution in [1.82, 2.24) is 25.8 Å². The van der Waals surface area contributed by atoms with E-state index in [1.54, 1.807) is 12.3 Å². The number of hydrogen-bond acceptors (Lipinski definition) is 5. The molecule has 2 aliphatic rings. The summed E-state index contributed by atoms with van der Waals surface area (Å²) >= 11 is 0. The number of likely N-dealkylation sites (N-methyl/N-ethyl adjacent to an activating group) is 1. The fourth-order valence-electron chi connectivity index (χ4n) is 5.38. The summed E-state index contributed by atoms with van der Waals surface area (Å²) in [7, 11) is 3.68. The zero-order valence-corrected chi connectivity index (χ0v) is 24.6. The van der Waals surface area contributed by atoms with Gasteiger partial charge in [0.15, 0.2) is 0 Å². The molecular formula is C32H41N5O4. The lowest BCUT2D eigenvalue weighted by atomic mass is 9.95. The Balaban J connectivity index is 1.73. The molecule has 4 unspecified atom stereocenters. The van der Waals surface area contributed by atoms with Gasteiger partial charge < -0.3 is 25.7 Å². The van der Waals surface area contributed by atoms with Crippen LogP contribution >= 0.6 is 0 Å². The molecule has 2 aromatic carbocycles. The summed E-state index contributed by atoms with van der Waals surface area (Å²) in [5, 5.41) is 9.73. The fraction of sp³-hybridized carbons (Fsp3) is 0.406. The van der Waals surface area contributed by atoms with Crippen molar-refractivity contribution in [3.05, 3.63) is 72.1 Å².